The summed E-state index contributed by atoms with van der Waals surface area (Å²) in [4.78, 5) is 21.0. The minimum absolute atomic E-state index is 0. The number of aryl methyl sites for hydroxylation is 2. The molecule has 1 aromatic carbocycles. The molecule has 7 nitrogen and oxygen atoms in total. The van der Waals surface area contributed by atoms with Crippen molar-refractivity contribution in [3.8, 4) is 0 Å². The van der Waals surface area contributed by atoms with Crippen LogP contribution in [-0.4, -0.2) is 41.1 Å². The molecule has 1 unspecified atom stereocenters. The Balaban J connectivity index is 0.00000300. The van der Waals surface area contributed by atoms with Gasteiger partial charge in [0.15, 0.2) is 5.96 Å². The lowest BCUT2D eigenvalue weighted by Crippen LogP contribution is -2.38. The molecule has 2 heterocycles. The van der Waals surface area contributed by atoms with Crippen LogP contribution in [-0.2, 0) is 11.3 Å². The van der Waals surface area contributed by atoms with Crippen molar-refractivity contribution in [3.05, 3.63) is 48.0 Å². The summed E-state index contributed by atoms with van der Waals surface area (Å²) in [5.74, 6) is 2.04. The molecule has 0 saturated heterocycles. The van der Waals surface area contributed by atoms with Gasteiger partial charge >= 0.3 is 0 Å². The minimum atomic E-state index is 0. The number of benzene rings is 1. The summed E-state index contributed by atoms with van der Waals surface area (Å²) in [5, 5.41) is 9.64. The Kier molecular flexibility index (Phi) is 9.43. The molecule has 3 rings (SSSR count). The van der Waals surface area contributed by atoms with E-state index in [0.29, 0.717) is 13.0 Å². The fourth-order valence-corrected chi connectivity index (χ4v) is 3.46. The first kappa shape index (κ1) is 23.2. The van der Waals surface area contributed by atoms with Gasteiger partial charge in [-0.2, -0.15) is 0 Å². The zero-order valence-electron chi connectivity index (χ0n) is 17.1. The van der Waals surface area contributed by atoms with E-state index in [1.807, 2.05) is 37.5 Å². The number of para-hydroxylation sites is 1. The summed E-state index contributed by atoms with van der Waals surface area (Å²) in [6.45, 7) is 7.33. The summed E-state index contributed by atoms with van der Waals surface area (Å²) >= 11 is 0. The Morgan fingerprint density at radius 1 is 1.31 bits per heavy atom. The summed E-state index contributed by atoms with van der Waals surface area (Å²) in [5.41, 5.74) is 2.07. The SMILES string of the molecule is CCNC(=NCC1CC(=O)Nc2ccccc21)NCCCCn1ccnc1C.I. The maximum Gasteiger partial charge on any atom is 0.225 e. The lowest BCUT2D eigenvalue weighted by Gasteiger charge is -2.24. The lowest BCUT2D eigenvalue weighted by molar-refractivity contribution is -0.116. The van der Waals surface area contributed by atoms with E-state index in [4.69, 9.17) is 4.99 Å². The molecule has 8 heteroatoms. The average Bonchev–Trinajstić information content (AvgIpc) is 3.10. The largest absolute Gasteiger partial charge is 0.357 e. The Hall–Kier alpha value is -2.10. The third-order valence-corrected chi connectivity index (χ3v) is 4.96. The van der Waals surface area contributed by atoms with Gasteiger partial charge in [0.1, 0.15) is 5.82 Å². The Morgan fingerprint density at radius 3 is 2.90 bits per heavy atom. The van der Waals surface area contributed by atoms with Crippen LogP contribution in [0.4, 0.5) is 5.69 Å². The third-order valence-electron chi connectivity index (χ3n) is 4.96. The number of amides is 1. The van der Waals surface area contributed by atoms with Crippen molar-refractivity contribution >= 4 is 41.5 Å². The lowest BCUT2D eigenvalue weighted by atomic mass is 9.91. The fourth-order valence-electron chi connectivity index (χ4n) is 3.46. The van der Waals surface area contributed by atoms with Crippen molar-refractivity contribution < 1.29 is 4.79 Å². The quantitative estimate of drug-likeness (QED) is 0.220. The average molecular weight is 510 g/mol. The first-order valence-electron chi connectivity index (χ1n) is 10.1. The number of imidazole rings is 1. The molecular weight excluding hydrogens is 479 g/mol. The molecule has 3 N–H and O–H groups in total. The second-order valence-electron chi connectivity index (χ2n) is 7.06. The number of nitrogens with zero attached hydrogens (tertiary/aromatic N) is 3. The van der Waals surface area contributed by atoms with Crippen LogP contribution in [0.25, 0.3) is 0 Å². The maximum absolute atomic E-state index is 12.0. The van der Waals surface area contributed by atoms with Gasteiger partial charge in [0.25, 0.3) is 0 Å². The highest BCUT2D eigenvalue weighted by Gasteiger charge is 2.24. The van der Waals surface area contributed by atoms with E-state index in [-0.39, 0.29) is 35.8 Å². The summed E-state index contributed by atoms with van der Waals surface area (Å²) in [6.07, 6.45) is 6.47. The van der Waals surface area contributed by atoms with Crippen LogP contribution < -0.4 is 16.0 Å². The van der Waals surface area contributed by atoms with Crippen LogP contribution in [0.5, 0.6) is 0 Å². The molecule has 1 aliphatic rings. The third kappa shape index (κ3) is 6.73. The van der Waals surface area contributed by atoms with E-state index in [2.05, 4.69) is 38.5 Å². The van der Waals surface area contributed by atoms with E-state index in [9.17, 15) is 4.79 Å². The van der Waals surface area contributed by atoms with E-state index < -0.39 is 0 Å². The molecule has 29 heavy (non-hydrogen) atoms. The molecule has 0 spiro atoms. The molecule has 1 amide bonds. The predicted octanol–water partition coefficient (Wildman–Crippen LogP) is 3.27. The summed E-state index contributed by atoms with van der Waals surface area (Å²) in [7, 11) is 0. The van der Waals surface area contributed by atoms with Crippen molar-refractivity contribution in [1.82, 2.24) is 20.2 Å². The molecule has 1 aliphatic heterocycles. The maximum atomic E-state index is 12.0. The number of fused-ring (bicyclic) bond motifs is 1. The number of hydrogen-bond donors (Lipinski definition) is 3. The topological polar surface area (TPSA) is 83.3 Å². The molecule has 158 valence electrons. The van der Waals surface area contributed by atoms with Crippen LogP contribution in [0.2, 0.25) is 0 Å². The number of anilines is 1. The van der Waals surface area contributed by atoms with Crippen molar-refractivity contribution in [1.29, 1.82) is 0 Å². The van der Waals surface area contributed by atoms with Crippen molar-refractivity contribution in [2.45, 2.75) is 45.6 Å². The molecule has 0 saturated carbocycles. The molecule has 2 aromatic rings. The van der Waals surface area contributed by atoms with E-state index >= 15 is 0 Å². The van der Waals surface area contributed by atoms with Gasteiger partial charge in [-0.15, -0.1) is 24.0 Å². The smallest absolute Gasteiger partial charge is 0.225 e. The molecule has 1 aromatic heterocycles. The van der Waals surface area contributed by atoms with Gasteiger partial charge < -0.3 is 20.5 Å². The highest BCUT2D eigenvalue weighted by molar-refractivity contribution is 14.0. The molecule has 0 aliphatic carbocycles. The standard InChI is InChI=1S/C21H30N6O.HI/c1-3-22-21(24-10-6-7-12-27-13-11-23-16(27)2)25-15-17-14-20(28)26-19-9-5-4-8-18(17)19;/h4-5,8-9,11,13,17H,3,6-7,10,12,14-15H2,1-2H3,(H,26,28)(H2,22,24,25);1H. The van der Waals surface area contributed by atoms with Gasteiger partial charge in [0.2, 0.25) is 5.91 Å². The first-order valence-corrected chi connectivity index (χ1v) is 10.1. The van der Waals surface area contributed by atoms with Gasteiger partial charge in [0, 0.05) is 50.1 Å². The number of aromatic nitrogens is 2. The van der Waals surface area contributed by atoms with Gasteiger partial charge in [0.05, 0.1) is 6.54 Å². The van der Waals surface area contributed by atoms with Crippen LogP contribution >= 0.6 is 24.0 Å². The summed E-state index contributed by atoms with van der Waals surface area (Å²) in [6, 6.07) is 7.99. The number of rotatable bonds is 8. The number of nitrogens with one attached hydrogen (secondary N) is 3. The molecule has 0 bridgehead atoms. The number of unbranched alkanes of at least 4 members (excludes halogenated alkanes) is 1. The molecular formula is C21H31IN6O. The number of halogens is 1. The monoisotopic (exact) mass is 510 g/mol. The van der Waals surface area contributed by atoms with E-state index in [0.717, 1.165) is 55.5 Å². The molecule has 1 atom stereocenters. The van der Waals surface area contributed by atoms with Crippen molar-refractivity contribution in [3.63, 3.8) is 0 Å². The zero-order valence-corrected chi connectivity index (χ0v) is 19.5. The van der Waals surface area contributed by atoms with Gasteiger partial charge in [-0.25, -0.2) is 4.98 Å². The second kappa shape index (κ2) is 11.8. The van der Waals surface area contributed by atoms with Gasteiger partial charge in [-0.05, 0) is 38.3 Å². The second-order valence-corrected chi connectivity index (χ2v) is 7.06. The zero-order chi connectivity index (χ0) is 19.8. The number of guanidine groups is 1. The fraction of sp³-hybridized carbons (Fsp3) is 0.476. The molecule has 0 radical (unpaired) electrons. The normalized spacial score (nSPS) is 15.9. The highest BCUT2D eigenvalue weighted by Crippen LogP contribution is 2.31. The molecule has 0 fully saturated rings. The highest BCUT2D eigenvalue weighted by atomic mass is 127. The van der Waals surface area contributed by atoms with Crippen molar-refractivity contribution in [2.75, 3.05) is 25.0 Å². The number of aliphatic imine (C=N–C) groups is 1. The Bertz CT molecular complexity index is 819. The number of carbonyl (C=O) groups excluding carboxylic acids is 1. The minimum Gasteiger partial charge on any atom is -0.357 e. The Labute approximate surface area is 189 Å². The van der Waals surface area contributed by atoms with Gasteiger partial charge in [-0.3, -0.25) is 9.79 Å². The summed E-state index contributed by atoms with van der Waals surface area (Å²) < 4.78 is 2.17. The van der Waals surface area contributed by atoms with Crippen LogP contribution in [0.15, 0.2) is 41.7 Å². The van der Waals surface area contributed by atoms with Crippen LogP contribution in [0.1, 0.15) is 43.5 Å². The van der Waals surface area contributed by atoms with Crippen LogP contribution in [0, 0.1) is 6.92 Å². The number of carbonyl (C=O) groups is 1. The predicted molar refractivity (Wildman–Crippen MR) is 128 cm³/mol. The van der Waals surface area contributed by atoms with Crippen LogP contribution in [0.3, 0.4) is 0 Å². The van der Waals surface area contributed by atoms with Crippen molar-refractivity contribution in [2.24, 2.45) is 4.99 Å². The van der Waals surface area contributed by atoms with Gasteiger partial charge in [-0.1, -0.05) is 18.2 Å². The Morgan fingerprint density at radius 2 is 2.14 bits per heavy atom. The van der Waals surface area contributed by atoms with E-state index in [1.54, 1.807) is 0 Å². The first-order chi connectivity index (χ1) is 13.7. The van der Waals surface area contributed by atoms with E-state index in [1.165, 1.54) is 0 Å². The number of hydrogen-bond acceptors (Lipinski definition) is 3.